The predicted octanol–water partition coefficient (Wildman–Crippen LogP) is 7.23. The van der Waals surface area contributed by atoms with E-state index in [-0.39, 0.29) is 23.8 Å². The number of benzene rings is 3. The Labute approximate surface area is 207 Å². The van der Waals surface area contributed by atoms with Crippen LogP contribution >= 0.6 is 15.9 Å². The second-order valence-electron chi connectivity index (χ2n) is 8.58. The van der Waals surface area contributed by atoms with Gasteiger partial charge in [0.25, 0.3) is 0 Å². The van der Waals surface area contributed by atoms with Gasteiger partial charge in [-0.3, -0.25) is 0 Å². The van der Waals surface area contributed by atoms with E-state index in [4.69, 9.17) is 14.6 Å². The van der Waals surface area contributed by atoms with Gasteiger partial charge in [-0.25, -0.2) is 9.18 Å². The van der Waals surface area contributed by atoms with Crippen LogP contribution in [0.15, 0.2) is 89.4 Å². The van der Waals surface area contributed by atoms with Gasteiger partial charge in [0, 0.05) is 17.4 Å². The standard InChI is InChI=1S/C28H26BrFO4/c1-17(2)22-15-23(18-7-4-3-5-8-18)26(19-11-13-20(30)14-12-19)34-27(22)21-9-6-10-24(29)28(21)33-16-25(31)32/h3-14,22-23,26-27H,1,15-16H2,2H3,(H,31,32)/t22-,23-,26+,27-/m1/s1. The summed E-state index contributed by atoms with van der Waals surface area (Å²) in [5, 5.41) is 9.16. The molecule has 4 rings (SSSR count). The molecule has 1 heterocycles. The molecule has 34 heavy (non-hydrogen) atoms. The zero-order chi connectivity index (χ0) is 24.2. The summed E-state index contributed by atoms with van der Waals surface area (Å²) in [5.41, 5.74) is 3.73. The fraction of sp³-hybridized carbons (Fsp3) is 0.250. The minimum atomic E-state index is -1.06. The minimum absolute atomic E-state index is 0.0279. The molecule has 1 aliphatic rings. The molecular weight excluding hydrogens is 499 g/mol. The molecule has 176 valence electrons. The lowest BCUT2D eigenvalue weighted by molar-refractivity contribution is -0.139. The highest BCUT2D eigenvalue weighted by molar-refractivity contribution is 9.10. The number of para-hydroxylation sites is 1. The first kappa shape index (κ1) is 24.2. The molecule has 1 saturated heterocycles. The Bertz CT molecular complexity index is 1160. The quantitative estimate of drug-likeness (QED) is 0.331. The van der Waals surface area contributed by atoms with Gasteiger partial charge < -0.3 is 14.6 Å². The van der Waals surface area contributed by atoms with Crippen LogP contribution in [0.3, 0.4) is 0 Å². The van der Waals surface area contributed by atoms with E-state index in [0.29, 0.717) is 10.2 Å². The van der Waals surface area contributed by atoms with Gasteiger partial charge in [0.1, 0.15) is 11.6 Å². The number of carboxylic acid groups (broad SMARTS) is 1. The van der Waals surface area contributed by atoms with Crippen molar-refractivity contribution in [3.8, 4) is 5.75 Å². The summed E-state index contributed by atoms with van der Waals surface area (Å²) in [6, 6.07) is 22.2. The van der Waals surface area contributed by atoms with Crippen molar-refractivity contribution in [2.24, 2.45) is 5.92 Å². The second kappa shape index (κ2) is 10.5. The molecule has 3 aromatic rings. The van der Waals surface area contributed by atoms with Crippen molar-refractivity contribution in [2.75, 3.05) is 6.61 Å². The van der Waals surface area contributed by atoms with Gasteiger partial charge in [0.15, 0.2) is 6.61 Å². The van der Waals surface area contributed by atoms with E-state index in [1.165, 1.54) is 12.1 Å². The zero-order valence-corrected chi connectivity index (χ0v) is 20.4. The number of aliphatic carboxylic acids is 1. The lowest BCUT2D eigenvalue weighted by Gasteiger charge is -2.43. The van der Waals surface area contributed by atoms with Crippen LogP contribution in [0.4, 0.5) is 4.39 Å². The maximum atomic E-state index is 13.7. The van der Waals surface area contributed by atoms with Crippen LogP contribution in [0.1, 0.15) is 48.2 Å². The van der Waals surface area contributed by atoms with Crippen LogP contribution in [-0.4, -0.2) is 17.7 Å². The van der Waals surface area contributed by atoms with E-state index in [1.54, 1.807) is 12.1 Å². The van der Waals surface area contributed by atoms with Crippen molar-refractivity contribution in [2.45, 2.75) is 31.5 Å². The number of ether oxygens (including phenoxy) is 2. The fourth-order valence-corrected chi connectivity index (χ4v) is 5.12. The van der Waals surface area contributed by atoms with Crippen LogP contribution in [0.5, 0.6) is 5.75 Å². The maximum absolute atomic E-state index is 13.7. The van der Waals surface area contributed by atoms with Crippen molar-refractivity contribution in [1.29, 1.82) is 0 Å². The fourth-order valence-electron chi connectivity index (χ4n) is 4.63. The Kier molecular flexibility index (Phi) is 7.49. The second-order valence-corrected chi connectivity index (χ2v) is 9.43. The number of carboxylic acids is 1. The Morgan fingerprint density at radius 3 is 2.41 bits per heavy atom. The highest BCUT2D eigenvalue weighted by Crippen LogP contribution is 2.53. The van der Waals surface area contributed by atoms with Gasteiger partial charge in [0.05, 0.1) is 16.7 Å². The van der Waals surface area contributed by atoms with E-state index in [0.717, 1.165) is 28.7 Å². The van der Waals surface area contributed by atoms with E-state index in [1.807, 2.05) is 43.3 Å². The highest BCUT2D eigenvalue weighted by Gasteiger charge is 2.41. The van der Waals surface area contributed by atoms with Crippen molar-refractivity contribution in [3.63, 3.8) is 0 Å². The number of halogens is 2. The van der Waals surface area contributed by atoms with Gasteiger partial charge in [-0.15, -0.1) is 0 Å². The average molecular weight is 525 g/mol. The van der Waals surface area contributed by atoms with Gasteiger partial charge in [-0.2, -0.15) is 0 Å². The first-order chi connectivity index (χ1) is 16.3. The SMILES string of the molecule is C=C(C)[C@H]1C[C@H](c2ccccc2)[C@H](c2ccc(F)cc2)O[C@@H]1c1cccc(Br)c1OCC(=O)O. The lowest BCUT2D eigenvalue weighted by Crippen LogP contribution is -2.32. The van der Waals surface area contributed by atoms with Gasteiger partial charge in [-0.05, 0) is 58.6 Å². The lowest BCUT2D eigenvalue weighted by atomic mass is 9.74. The summed E-state index contributed by atoms with van der Waals surface area (Å²) in [6.07, 6.45) is 0.000405. The summed E-state index contributed by atoms with van der Waals surface area (Å²) < 4.78 is 26.8. The summed E-state index contributed by atoms with van der Waals surface area (Å²) in [4.78, 5) is 11.2. The average Bonchev–Trinajstić information content (AvgIpc) is 2.83. The van der Waals surface area contributed by atoms with Crippen molar-refractivity contribution in [3.05, 3.63) is 112 Å². The molecule has 0 spiro atoms. The molecule has 4 nitrogen and oxygen atoms in total. The summed E-state index contributed by atoms with van der Waals surface area (Å²) in [6.45, 7) is 5.76. The summed E-state index contributed by atoms with van der Waals surface area (Å²) in [7, 11) is 0. The first-order valence-corrected chi connectivity index (χ1v) is 11.9. The molecule has 1 aliphatic heterocycles. The molecule has 0 aliphatic carbocycles. The molecule has 1 N–H and O–H groups in total. The number of carbonyl (C=O) groups is 1. The molecule has 0 unspecified atom stereocenters. The Balaban J connectivity index is 1.80. The molecule has 0 saturated carbocycles. The Hall–Kier alpha value is -2.96. The molecular formula is C28H26BrFO4. The molecule has 1 fully saturated rings. The number of rotatable bonds is 7. The molecule has 0 bridgehead atoms. The van der Waals surface area contributed by atoms with Crippen LogP contribution in [0, 0.1) is 11.7 Å². The first-order valence-electron chi connectivity index (χ1n) is 11.1. The highest BCUT2D eigenvalue weighted by atomic mass is 79.9. The minimum Gasteiger partial charge on any atom is -0.480 e. The van der Waals surface area contributed by atoms with Crippen LogP contribution in [0.2, 0.25) is 0 Å². The number of hydrogen-bond acceptors (Lipinski definition) is 3. The molecule has 6 heteroatoms. The van der Waals surface area contributed by atoms with Gasteiger partial charge in [-0.1, -0.05) is 66.7 Å². The molecule has 0 aromatic heterocycles. The van der Waals surface area contributed by atoms with Gasteiger partial charge in [0.2, 0.25) is 0 Å². The van der Waals surface area contributed by atoms with Crippen LogP contribution in [-0.2, 0) is 9.53 Å². The van der Waals surface area contributed by atoms with E-state index in [9.17, 15) is 9.18 Å². The predicted molar refractivity (Wildman–Crippen MR) is 132 cm³/mol. The number of hydrogen-bond donors (Lipinski definition) is 1. The smallest absolute Gasteiger partial charge is 0.341 e. The van der Waals surface area contributed by atoms with Crippen molar-refractivity contribution >= 4 is 21.9 Å². The van der Waals surface area contributed by atoms with Crippen LogP contribution in [0.25, 0.3) is 0 Å². The topological polar surface area (TPSA) is 55.8 Å². The third kappa shape index (κ3) is 5.24. The van der Waals surface area contributed by atoms with Crippen molar-refractivity contribution in [1.82, 2.24) is 0 Å². The van der Waals surface area contributed by atoms with E-state index >= 15 is 0 Å². The zero-order valence-electron chi connectivity index (χ0n) is 18.8. The molecule has 4 atom stereocenters. The third-order valence-corrected chi connectivity index (χ3v) is 6.86. The molecule has 3 aromatic carbocycles. The Morgan fingerprint density at radius 2 is 1.76 bits per heavy atom. The van der Waals surface area contributed by atoms with Crippen LogP contribution < -0.4 is 4.74 Å². The summed E-state index contributed by atoms with van der Waals surface area (Å²) in [5.74, 6) is -0.930. The molecule has 0 radical (unpaired) electrons. The van der Waals surface area contributed by atoms with E-state index < -0.39 is 18.7 Å². The monoisotopic (exact) mass is 524 g/mol. The molecule has 0 amide bonds. The Morgan fingerprint density at radius 1 is 1.06 bits per heavy atom. The van der Waals surface area contributed by atoms with E-state index in [2.05, 4.69) is 34.6 Å². The largest absolute Gasteiger partial charge is 0.480 e. The van der Waals surface area contributed by atoms with Crippen molar-refractivity contribution < 1.29 is 23.8 Å². The maximum Gasteiger partial charge on any atom is 0.341 e. The third-order valence-electron chi connectivity index (χ3n) is 6.24. The normalized spacial score (nSPS) is 22.2. The summed E-state index contributed by atoms with van der Waals surface area (Å²) >= 11 is 3.50. The van der Waals surface area contributed by atoms with Gasteiger partial charge >= 0.3 is 5.97 Å².